The molecule has 0 atom stereocenters. The first-order valence-electron chi connectivity index (χ1n) is 24.8. The molecule has 0 unspecified atom stereocenters. The minimum atomic E-state index is -0.651. The summed E-state index contributed by atoms with van der Waals surface area (Å²) in [4.78, 5) is 10.0. The predicted molar refractivity (Wildman–Crippen MR) is 280 cm³/mol. The van der Waals surface area contributed by atoms with Gasteiger partial charge in [-0.05, 0) is 112 Å². The van der Waals surface area contributed by atoms with Crippen molar-refractivity contribution in [2.45, 2.75) is 116 Å². The van der Waals surface area contributed by atoms with Gasteiger partial charge >= 0.3 is 0 Å². The van der Waals surface area contributed by atoms with Crippen molar-refractivity contribution in [2.24, 2.45) is 0 Å². The van der Waals surface area contributed by atoms with Crippen LogP contribution in [0.3, 0.4) is 0 Å². The number of methoxy groups -OCH3 is 2. The Kier molecular flexibility index (Phi) is 15.8. The average Bonchev–Trinajstić information content (AvgIpc) is 3.82. The molecular formula is C60H62BrF4N3O2. The maximum atomic E-state index is 15.2. The highest BCUT2D eigenvalue weighted by Crippen LogP contribution is 2.58. The lowest BCUT2D eigenvalue weighted by molar-refractivity contribution is 0.405. The Hall–Kier alpha value is -6.00. The van der Waals surface area contributed by atoms with Gasteiger partial charge in [-0.25, -0.2) is 27.5 Å². The highest BCUT2D eigenvalue weighted by molar-refractivity contribution is 9.10. The first kappa shape index (κ1) is 50.4. The van der Waals surface area contributed by atoms with Gasteiger partial charge in [0.15, 0.2) is 0 Å². The molecule has 5 aromatic carbocycles. The van der Waals surface area contributed by atoms with Gasteiger partial charge in [0.1, 0.15) is 34.8 Å². The highest BCUT2D eigenvalue weighted by atomic mass is 79.9. The van der Waals surface area contributed by atoms with E-state index in [1.165, 1.54) is 34.4 Å². The van der Waals surface area contributed by atoms with Crippen LogP contribution in [0.4, 0.5) is 28.9 Å². The van der Waals surface area contributed by atoms with Crippen LogP contribution in [-0.4, -0.2) is 24.2 Å². The van der Waals surface area contributed by atoms with Gasteiger partial charge in [-0.1, -0.05) is 134 Å². The molecule has 5 nitrogen and oxygen atoms in total. The van der Waals surface area contributed by atoms with E-state index in [0.29, 0.717) is 11.4 Å². The van der Waals surface area contributed by atoms with Crippen LogP contribution in [0.25, 0.3) is 45.0 Å². The third-order valence-electron chi connectivity index (χ3n) is 14.3. The fourth-order valence-electron chi connectivity index (χ4n) is 10.8. The molecule has 7 aromatic rings. The van der Waals surface area contributed by atoms with E-state index in [2.05, 4.69) is 79.3 Å². The second-order valence-electron chi connectivity index (χ2n) is 18.6. The van der Waals surface area contributed by atoms with Crippen molar-refractivity contribution < 1.29 is 27.0 Å². The van der Waals surface area contributed by atoms with Crippen molar-refractivity contribution in [3.05, 3.63) is 165 Å². The van der Waals surface area contributed by atoms with Gasteiger partial charge in [0.2, 0.25) is 0 Å². The SMILES string of the molecule is CCCCC1(CCCC)c2ccc(-c3cc(Br)c(F)cc3F)nc2-c2c(OC)cccc21.CCCCC1(CCCC)c2ccc(-c3cc(Nc4ccccc4)c(F)cc3F)nc2-c2c(OC)cccc21. The second kappa shape index (κ2) is 22.0. The topological polar surface area (TPSA) is 56.3 Å². The summed E-state index contributed by atoms with van der Waals surface area (Å²) in [5.41, 5.74) is 10.7. The molecular weight excluding hydrogens is 951 g/mol. The van der Waals surface area contributed by atoms with Gasteiger partial charge in [-0.15, -0.1) is 0 Å². The zero-order valence-electron chi connectivity index (χ0n) is 41.1. The van der Waals surface area contributed by atoms with E-state index in [1.807, 2.05) is 60.7 Å². The standard InChI is InChI=1S/C33H34F2N2O.C27H28BrF2NO/c1-4-6-18-33(19-7-5-2)24-14-11-15-30(38-3)31(24)32-25(33)16-17-28(37-32)23-20-29(27(35)21-26(23)34)36-22-12-9-8-10-13-22;1-4-6-13-27(14-7-5-2)18-9-8-10-24(32-3)25(18)26-19(27)11-12-23(31-26)17-15-20(28)22(30)16-21(17)29/h8-17,20-21,36H,4-7,18-19H2,1-3H3;8-12,15-16H,4-7,13-14H2,1-3H3. The molecule has 2 heterocycles. The molecule has 0 saturated heterocycles. The number of ether oxygens (including phenoxy) is 2. The Morgan fingerprint density at radius 2 is 0.929 bits per heavy atom. The number of unbranched alkanes of at least 4 members (excludes halogenated alkanes) is 4. The van der Waals surface area contributed by atoms with Gasteiger partial charge in [0.25, 0.3) is 0 Å². The number of halogens is 5. The Labute approximate surface area is 419 Å². The maximum Gasteiger partial charge on any atom is 0.149 e. The van der Waals surface area contributed by atoms with Crippen molar-refractivity contribution in [2.75, 3.05) is 19.5 Å². The molecule has 2 aromatic heterocycles. The second-order valence-corrected chi connectivity index (χ2v) is 19.4. The molecule has 0 aliphatic heterocycles. The lowest BCUT2D eigenvalue weighted by Gasteiger charge is -2.32. The fraction of sp³-hybridized carbons (Fsp3) is 0.333. The smallest absolute Gasteiger partial charge is 0.149 e. The van der Waals surface area contributed by atoms with Gasteiger partial charge in [-0.3, -0.25) is 0 Å². The third-order valence-corrected chi connectivity index (χ3v) is 14.9. The summed E-state index contributed by atoms with van der Waals surface area (Å²) in [7, 11) is 3.35. The molecule has 10 heteroatoms. The van der Waals surface area contributed by atoms with Crippen LogP contribution in [0.1, 0.15) is 127 Å². The van der Waals surface area contributed by atoms with Crippen LogP contribution in [0.15, 0.2) is 120 Å². The van der Waals surface area contributed by atoms with E-state index in [9.17, 15) is 13.2 Å². The fourth-order valence-corrected chi connectivity index (χ4v) is 11.2. The average molecular weight is 1010 g/mol. The number of nitrogens with zero attached hydrogens (tertiary/aromatic N) is 2. The molecule has 0 amide bonds. The van der Waals surface area contributed by atoms with Gasteiger partial charge in [0.05, 0.1) is 47.2 Å². The van der Waals surface area contributed by atoms with E-state index >= 15 is 4.39 Å². The summed E-state index contributed by atoms with van der Waals surface area (Å²) < 4.78 is 70.2. The molecule has 364 valence electrons. The number of pyridine rings is 2. The zero-order valence-corrected chi connectivity index (χ0v) is 42.6. The number of para-hydroxylation sites is 1. The van der Waals surface area contributed by atoms with E-state index in [4.69, 9.17) is 19.4 Å². The molecule has 0 spiro atoms. The summed E-state index contributed by atoms with van der Waals surface area (Å²) in [5, 5.41) is 3.07. The molecule has 1 N–H and O–H groups in total. The zero-order chi connectivity index (χ0) is 49.6. The van der Waals surface area contributed by atoms with E-state index in [-0.39, 0.29) is 32.1 Å². The Morgan fingerprint density at radius 3 is 1.37 bits per heavy atom. The minimum Gasteiger partial charge on any atom is -0.496 e. The molecule has 0 bridgehead atoms. The largest absolute Gasteiger partial charge is 0.496 e. The summed E-state index contributed by atoms with van der Waals surface area (Å²) in [6, 6.07) is 34.5. The van der Waals surface area contributed by atoms with Crippen molar-refractivity contribution in [1.29, 1.82) is 0 Å². The summed E-state index contributed by atoms with van der Waals surface area (Å²) in [5.74, 6) is -0.994. The number of benzene rings is 5. The van der Waals surface area contributed by atoms with Crippen LogP contribution in [0.2, 0.25) is 0 Å². The molecule has 70 heavy (non-hydrogen) atoms. The molecule has 2 aliphatic carbocycles. The lowest BCUT2D eigenvalue weighted by Crippen LogP contribution is -2.25. The number of hydrogen-bond acceptors (Lipinski definition) is 5. The van der Waals surface area contributed by atoms with Crippen LogP contribution in [-0.2, 0) is 10.8 Å². The number of aromatic nitrogens is 2. The Morgan fingerprint density at radius 1 is 0.486 bits per heavy atom. The van der Waals surface area contributed by atoms with E-state index < -0.39 is 23.3 Å². The quantitative estimate of drug-likeness (QED) is 0.0686. The predicted octanol–water partition coefficient (Wildman–Crippen LogP) is 17.9. The molecule has 0 fully saturated rings. The number of fused-ring (bicyclic) bond motifs is 6. The highest BCUT2D eigenvalue weighted by Gasteiger charge is 2.46. The summed E-state index contributed by atoms with van der Waals surface area (Å²) in [6.07, 6.45) is 13.0. The molecule has 9 rings (SSSR count). The van der Waals surface area contributed by atoms with Crippen LogP contribution in [0.5, 0.6) is 11.5 Å². The molecule has 0 saturated carbocycles. The number of nitrogens with one attached hydrogen (secondary N) is 1. The molecule has 2 aliphatic rings. The van der Waals surface area contributed by atoms with Gasteiger partial charge in [-0.2, -0.15) is 0 Å². The van der Waals surface area contributed by atoms with Crippen molar-refractivity contribution in [3.8, 4) is 56.5 Å². The van der Waals surface area contributed by atoms with Crippen LogP contribution >= 0.6 is 15.9 Å². The number of anilines is 2. The normalized spacial score (nSPS) is 13.4. The van der Waals surface area contributed by atoms with Crippen molar-refractivity contribution >= 4 is 27.3 Å². The number of hydrogen-bond donors (Lipinski definition) is 1. The molecule has 0 radical (unpaired) electrons. The summed E-state index contributed by atoms with van der Waals surface area (Å²) in [6.45, 7) is 8.87. The van der Waals surface area contributed by atoms with Crippen molar-refractivity contribution in [1.82, 2.24) is 9.97 Å². The Balaban J connectivity index is 0.000000191. The number of rotatable bonds is 18. The van der Waals surface area contributed by atoms with Gasteiger partial charge in [0, 0.05) is 50.9 Å². The van der Waals surface area contributed by atoms with E-state index in [1.54, 1.807) is 14.2 Å². The Bertz CT molecular complexity index is 2960. The monoisotopic (exact) mass is 1010 g/mol. The third kappa shape index (κ3) is 9.48. The van der Waals surface area contributed by atoms with Gasteiger partial charge < -0.3 is 14.8 Å². The minimum absolute atomic E-state index is 0.126. The van der Waals surface area contributed by atoms with Crippen LogP contribution in [0, 0.1) is 23.3 Å². The first-order chi connectivity index (χ1) is 34.0. The maximum absolute atomic E-state index is 15.2. The van der Waals surface area contributed by atoms with Crippen molar-refractivity contribution in [3.63, 3.8) is 0 Å². The summed E-state index contributed by atoms with van der Waals surface area (Å²) >= 11 is 3.17. The first-order valence-corrected chi connectivity index (χ1v) is 25.6. The lowest BCUT2D eigenvalue weighted by atomic mass is 9.71. The van der Waals surface area contributed by atoms with Crippen LogP contribution < -0.4 is 14.8 Å². The van der Waals surface area contributed by atoms with E-state index in [0.717, 1.165) is 129 Å².